The first kappa shape index (κ1) is 14.2. The molecule has 1 heterocycles. The summed E-state index contributed by atoms with van der Waals surface area (Å²) in [5.74, 6) is 0.238. The highest BCUT2D eigenvalue weighted by Gasteiger charge is 2.41. The summed E-state index contributed by atoms with van der Waals surface area (Å²) in [5.41, 5.74) is 0.729. The number of piperidine rings is 1. The van der Waals surface area contributed by atoms with Gasteiger partial charge in [-0.3, -0.25) is 4.79 Å². The molecule has 5 nitrogen and oxygen atoms in total. The van der Waals surface area contributed by atoms with Crippen molar-refractivity contribution in [3.8, 4) is 11.5 Å². The zero-order valence-corrected chi connectivity index (χ0v) is 12.3. The molecule has 0 aromatic heterocycles. The van der Waals surface area contributed by atoms with E-state index in [-0.39, 0.29) is 23.2 Å². The third kappa shape index (κ3) is 2.83. The molecular formula is C16H22N2O3. The van der Waals surface area contributed by atoms with E-state index in [0.717, 1.165) is 19.4 Å². The van der Waals surface area contributed by atoms with Gasteiger partial charge in [-0.25, -0.2) is 0 Å². The molecule has 1 aromatic carbocycles. The summed E-state index contributed by atoms with van der Waals surface area (Å²) in [6, 6.07) is 4.95. The van der Waals surface area contributed by atoms with Crippen molar-refractivity contribution in [1.82, 2.24) is 10.6 Å². The topological polar surface area (TPSA) is 70.6 Å². The summed E-state index contributed by atoms with van der Waals surface area (Å²) in [6.07, 6.45) is 5.65. The van der Waals surface area contributed by atoms with Gasteiger partial charge in [-0.2, -0.15) is 0 Å². The number of phenols is 1. The van der Waals surface area contributed by atoms with E-state index in [4.69, 9.17) is 4.74 Å². The summed E-state index contributed by atoms with van der Waals surface area (Å²) >= 11 is 0. The SMILES string of the molecule is COc1ccc(C(=O)NC2CCNC3(CCC3)C2)cc1O. The van der Waals surface area contributed by atoms with E-state index in [0.29, 0.717) is 11.3 Å². The predicted octanol–water partition coefficient (Wildman–Crippen LogP) is 1.81. The molecule has 1 atom stereocenters. The van der Waals surface area contributed by atoms with Gasteiger partial charge in [0.15, 0.2) is 11.5 Å². The monoisotopic (exact) mass is 290 g/mol. The third-order valence-electron chi connectivity index (χ3n) is 4.72. The standard InChI is InChI=1S/C16H22N2O3/c1-21-14-4-3-11(9-13(14)19)15(20)18-12-5-8-17-16(10-12)6-2-7-16/h3-4,9,12,17,19H,2,5-8,10H2,1H3,(H,18,20). The molecule has 2 aliphatic rings. The van der Waals surface area contributed by atoms with Crippen LogP contribution < -0.4 is 15.4 Å². The predicted molar refractivity (Wildman–Crippen MR) is 79.7 cm³/mol. The highest BCUT2D eigenvalue weighted by atomic mass is 16.5. The Balaban J connectivity index is 1.64. The van der Waals surface area contributed by atoms with Crippen molar-refractivity contribution in [2.75, 3.05) is 13.7 Å². The molecule has 1 saturated carbocycles. The van der Waals surface area contributed by atoms with Gasteiger partial charge in [-0.1, -0.05) is 0 Å². The van der Waals surface area contributed by atoms with Crippen molar-refractivity contribution in [2.24, 2.45) is 0 Å². The Morgan fingerprint density at radius 2 is 2.29 bits per heavy atom. The lowest BCUT2D eigenvalue weighted by molar-refractivity contribution is 0.0852. The number of benzene rings is 1. The van der Waals surface area contributed by atoms with Crippen LogP contribution in [0.5, 0.6) is 11.5 Å². The molecule has 2 fully saturated rings. The van der Waals surface area contributed by atoms with Crippen LogP contribution in [0.1, 0.15) is 42.5 Å². The van der Waals surface area contributed by atoms with Gasteiger partial charge in [0, 0.05) is 17.1 Å². The zero-order valence-electron chi connectivity index (χ0n) is 12.3. The number of hydrogen-bond acceptors (Lipinski definition) is 4. The fourth-order valence-corrected chi connectivity index (χ4v) is 3.37. The van der Waals surface area contributed by atoms with Crippen molar-refractivity contribution in [3.63, 3.8) is 0 Å². The number of methoxy groups -OCH3 is 1. The van der Waals surface area contributed by atoms with Gasteiger partial charge in [0.05, 0.1) is 7.11 Å². The second-order valence-electron chi connectivity index (χ2n) is 6.11. The summed E-state index contributed by atoms with van der Waals surface area (Å²) in [5, 5.41) is 16.4. The summed E-state index contributed by atoms with van der Waals surface area (Å²) in [4.78, 5) is 12.3. The Kier molecular flexibility index (Phi) is 3.76. The van der Waals surface area contributed by atoms with Crippen LogP contribution in [0.25, 0.3) is 0 Å². The van der Waals surface area contributed by atoms with Gasteiger partial charge in [0.2, 0.25) is 0 Å². The molecule has 1 spiro atoms. The minimum absolute atomic E-state index is 0.00840. The van der Waals surface area contributed by atoms with Gasteiger partial charge in [-0.05, 0) is 56.8 Å². The molecular weight excluding hydrogens is 268 g/mol. The van der Waals surface area contributed by atoms with Crippen LogP contribution in [-0.4, -0.2) is 36.2 Å². The Bertz CT molecular complexity index is 540. The highest BCUT2D eigenvalue weighted by molar-refractivity contribution is 5.95. The quantitative estimate of drug-likeness (QED) is 0.794. The second kappa shape index (κ2) is 5.56. The molecule has 1 unspecified atom stereocenters. The maximum atomic E-state index is 12.3. The Morgan fingerprint density at radius 1 is 1.48 bits per heavy atom. The van der Waals surface area contributed by atoms with Crippen LogP contribution in [0.2, 0.25) is 0 Å². The molecule has 1 saturated heterocycles. The first-order valence-corrected chi connectivity index (χ1v) is 7.55. The van der Waals surface area contributed by atoms with E-state index in [2.05, 4.69) is 10.6 Å². The van der Waals surface area contributed by atoms with Crippen molar-refractivity contribution in [2.45, 2.75) is 43.7 Å². The molecule has 1 aliphatic carbocycles. The molecule has 0 radical (unpaired) electrons. The number of carbonyl (C=O) groups excluding carboxylic acids is 1. The Hall–Kier alpha value is -1.75. The molecule has 3 N–H and O–H groups in total. The van der Waals surface area contributed by atoms with E-state index in [1.807, 2.05) is 0 Å². The maximum absolute atomic E-state index is 12.3. The number of nitrogens with one attached hydrogen (secondary N) is 2. The zero-order chi connectivity index (χ0) is 14.9. The van der Waals surface area contributed by atoms with Gasteiger partial charge >= 0.3 is 0 Å². The van der Waals surface area contributed by atoms with Gasteiger partial charge in [-0.15, -0.1) is 0 Å². The maximum Gasteiger partial charge on any atom is 0.251 e. The van der Waals surface area contributed by atoms with Gasteiger partial charge in [0.25, 0.3) is 5.91 Å². The largest absolute Gasteiger partial charge is 0.504 e. The lowest BCUT2D eigenvalue weighted by Crippen LogP contribution is -2.59. The number of ether oxygens (including phenoxy) is 1. The fourth-order valence-electron chi connectivity index (χ4n) is 3.37. The summed E-state index contributed by atoms with van der Waals surface area (Å²) < 4.78 is 4.99. The number of amides is 1. The van der Waals surface area contributed by atoms with Crippen molar-refractivity contribution < 1.29 is 14.6 Å². The molecule has 0 bridgehead atoms. The van der Waals surface area contributed by atoms with Gasteiger partial charge in [0.1, 0.15) is 0 Å². The number of phenolic OH excluding ortho intramolecular Hbond substituents is 1. The minimum atomic E-state index is -0.130. The van der Waals surface area contributed by atoms with Crippen LogP contribution in [0, 0.1) is 0 Å². The van der Waals surface area contributed by atoms with E-state index in [1.54, 1.807) is 12.1 Å². The van der Waals surface area contributed by atoms with Crippen molar-refractivity contribution in [1.29, 1.82) is 0 Å². The highest BCUT2D eigenvalue weighted by Crippen LogP contribution is 2.38. The van der Waals surface area contributed by atoms with Crippen LogP contribution in [0.3, 0.4) is 0 Å². The Morgan fingerprint density at radius 3 is 2.90 bits per heavy atom. The first-order valence-electron chi connectivity index (χ1n) is 7.55. The lowest BCUT2D eigenvalue weighted by Gasteiger charge is -2.48. The average molecular weight is 290 g/mol. The average Bonchev–Trinajstić information content (AvgIpc) is 2.45. The fraction of sp³-hybridized carbons (Fsp3) is 0.562. The van der Waals surface area contributed by atoms with E-state index < -0.39 is 0 Å². The lowest BCUT2D eigenvalue weighted by atomic mass is 9.70. The summed E-state index contributed by atoms with van der Waals surface area (Å²) in [7, 11) is 1.49. The molecule has 1 amide bonds. The second-order valence-corrected chi connectivity index (χ2v) is 6.11. The first-order chi connectivity index (χ1) is 10.1. The molecule has 1 aliphatic heterocycles. The molecule has 114 valence electrons. The van der Waals surface area contributed by atoms with Crippen LogP contribution in [0.15, 0.2) is 18.2 Å². The number of carbonyl (C=O) groups is 1. The van der Waals surface area contributed by atoms with Crippen LogP contribution in [-0.2, 0) is 0 Å². The van der Waals surface area contributed by atoms with Crippen molar-refractivity contribution in [3.05, 3.63) is 23.8 Å². The minimum Gasteiger partial charge on any atom is -0.504 e. The molecule has 1 aromatic rings. The summed E-state index contributed by atoms with van der Waals surface area (Å²) in [6.45, 7) is 0.957. The number of aromatic hydroxyl groups is 1. The normalized spacial score (nSPS) is 23.4. The molecule has 3 rings (SSSR count). The van der Waals surface area contributed by atoms with E-state index in [1.165, 1.54) is 32.4 Å². The van der Waals surface area contributed by atoms with Gasteiger partial charge < -0.3 is 20.5 Å². The molecule has 5 heteroatoms. The van der Waals surface area contributed by atoms with E-state index in [9.17, 15) is 9.90 Å². The smallest absolute Gasteiger partial charge is 0.251 e. The Labute approximate surface area is 124 Å². The van der Waals surface area contributed by atoms with E-state index >= 15 is 0 Å². The van der Waals surface area contributed by atoms with Crippen LogP contribution in [0.4, 0.5) is 0 Å². The third-order valence-corrected chi connectivity index (χ3v) is 4.72. The van der Waals surface area contributed by atoms with Crippen LogP contribution >= 0.6 is 0 Å². The van der Waals surface area contributed by atoms with Crippen molar-refractivity contribution >= 4 is 5.91 Å². The molecule has 21 heavy (non-hydrogen) atoms. The number of hydrogen-bond donors (Lipinski definition) is 3. The number of rotatable bonds is 3.